The van der Waals surface area contributed by atoms with Crippen LogP contribution in [0.1, 0.15) is 33.6 Å². The van der Waals surface area contributed by atoms with Crippen LogP contribution in [0.2, 0.25) is 0 Å². The average Bonchev–Trinajstić information content (AvgIpc) is 3.41. The Kier molecular flexibility index (Phi) is 3.74. The van der Waals surface area contributed by atoms with E-state index in [1.54, 1.807) is 48.2 Å². The van der Waals surface area contributed by atoms with Gasteiger partial charge >= 0.3 is 0 Å². The topological polar surface area (TPSA) is 96.6 Å². The normalized spacial score (nSPS) is 19.3. The van der Waals surface area contributed by atoms with Crippen molar-refractivity contribution >= 4 is 44.9 Å². The van der Waals surface area contributed by atoms with Crippen LogP contribution in [0.4, 0.5) is 10.8 Å². The second kappa shape index (κ2) is 6.33. The fourth-order valence-electron chi connectivity index (χ4n) is 4.80. The number of aryl methyl sites for hydroxylation is 1. The Morgan fingerprint density at radius 2 is 1.78 bits per heavy atom. The summed E-state index contributed by atoms with van der Waals surface area (Å²) in [5.74, 6) is -1.11. The Morgan fingerprint density at radius 3 is 2.53 bits per heavy atom. The number of anilines is 2. The van der Waals surface area contributed by atoms with E-state index in [1.807, 2.05) is 19.1 Å². The number of hydrogen-bond donors (Lipinski definition) is 0. The van der Waals surface area contributed by atoms with Crippen LogP contribution in [0, 0.1) is 6.92 Å². The fourth-order valence-corrected chi connectivity index (χ4v) is 5.54. The summed E-state index contributed by atoms with van der Waals surface area (Å²) in [4.78, 5) is 44.6. The molecule has 0 saturated heterocycles. The molecule has 0 N–H and O–H groups in total. The average molecular weight is 444 g/mol. The van der Waals surface area contributed by atoms with E-state index < -0.39 is 16.9 Å². The number of nitrogens with zero attached hydrogens (tertiary/aromatic N) is 4. The summed E-state index contributed by atoms with van der Waals surface area (Å²) in [7, 11) is 0. The van der Waals surface area contributed by atoms with Crippen LogP contribution >= 0.6 is 11.3 Å². The predicted molar refractivity (Wildman–Crippen MR) is 119 cm³/mol. The number of rotatable bonds is 2. The Hall–Kier alpha value is -3.85. The zero-order valence-electron chi connectivity index (χ0n) is 17.2. The van der Waals surface area contributed by atoms with Crippen molar-refractivity contribution in [2.24, 2.45) is 0 Å². The first-order valence-corrected chi connectivity index (χ1v) is 10.9. The van der Waals surface area contributed by atoms with Crippen LogP contribution in [-0.2, 0) is 10.3 Å². The van der Waals surface area contributed by atoms with Crippen LogP contribution in [0.15, 0.2) is 57.7 Å². The van der Waals surface area contributed by atoms with E-state index in [-0.39, 0.29) is 22.4 Å². The number of para-hydroxylation sites is 2. The Balaban J connectivity index is 1.81. The summed E-state index contributed by atoms with van der Waals surface area (Å²) in [6.07, 6.45) is 0. The first-order valence-electron chi connectivity index (χ1n) is 10.1. The van der Waals surface area contributed by atoms with Gasteiger partial charge in [-0.2, -0.15) is 0 Å². The molecule has 1 atom stereocenters. The molecule has 0 bridgehead atoms. The zero-order chi connectivity index (χ0) is 22.2. The van der Waals surface area contributed by atoms with Gasteiger partial charge in [0.25, 0.3) is 11.8 Å². The van der Waals surface area contributed by atoms with E-state index >= 15 is 0 Å². The maximum Gasteiger partial charge on any atom is 0.297 e. The summed E-state index contributed by atoms with van der Waals surface area (Å²) in [5.41, 5.74) is -0.576. The minimum absolute atomic E-state index is 0.0300. The van der Waals surface area contributed by atoms with Crippen molar-refractivity contribution in [1.29, 1.82) is 0 Å². The van der Waals surface area contributed by atoms with Crippen LogP contribution in [0.3, 0.4) is 0 Å². The largest absolute Gasteiger partial charge is 0.450 e. The number of amides is 2. The minimum atomic E-state index is -1.70. The number of likely N-dealkylation sites (N-methyl/N-ethyl adjacent to an activating group) is 1. The molecular formula is C23H16N4O4S. The Morgan fingerprint density at radius 1 is 1.03 bits per heavy atom. The van der Waals surface area contributed by atoms with Crippen LogP contribution < -0.4 is 15.2 Å². The van der Waals surface area contributed by atoms with Gasteiger partial charge in [-0.25, -0.2) is 0 Å². The summed E-state index contributed by atoms with van der Waals surface area (Å²) in [5, 5.41) is 9.41. The standard InChI is InChI=1S/C23H16N4O4S/c1-3-26-15-10-6-5-9-14(15)23(21(26)30)17-18(28)13-8-4-7-11-16(13)31-19(17)20(29)27(23)22-25-24-12(2)32-22/h4-11H,3H2,1-2H3. The Labute approximate surface area is 185 Å². The molecule has 9 heteroatoms. The van der Waals surface area contributed by atoms with E-state index in [0.717, 1.165) is 0 Å². The first kappa shape index (κ1) is 18.9. The molecule has 2 amide bonds. The van der Waals surface area contributed by atoms with Gasteiger partial charge in [0.05, 0.1) is 16.6 Å². The molecule has 0 saturated carbocycles. The number of hydrogen-bond acceptors (Lipinski definition) is 7. The minimum Gasteiger partial charge on any atom is -0.450 e. The van der Waals surface area contributed by atoms with E-state index in [9.17, 15) is 14.4 Å². The highest BCUT2D eigenvalue weighted by molar-refractivity contribution is 7.15. The smallest absolute Gasteiger partial charge is 0.297 e. The lowest BCUT2D eigenvalue weighted by Gasteiger charge is -2.31. The van der Waals surface area contributed by atoms with Gasteiger partial charge in [0.15, 0.2) is 11.0 Å². The third-order valence-corrected chi connectivity index (χ3v) is 6.88. The molecule has 2 aromatic heterocycles. The molecule has 158 valence electrons. The number of carbonyl (C=O) groups is 2. The van der Waals surface area contributed by atoms with Crippen LogP contribution in [0.25, 0.3) is 11.0 Å². The summed E-state index contributed by atoms with van der Waals surface area (Å²) in [6.45, 7) is 4.00. The lowest BCUT2D eigenvalue weighted by molar-refractivity contribution is -0.121. The summed E-state index contributed by atoms with van der Waals surface area (Å²) < 4.78 is 5.97. The van der Waals surface area contributed by atoms with Gasteiger partial charge in [0.1, 0.15) is 10.6 Å². The third-order valence-electron chi connectivity index (χ3n) is 6.05. The number of carbonyl (C=O) groups excluding carboxylic acids is 2. The molecule has 2 aliphatic rings. The molecule has 8 nitrogen and oxygen atoms in total. The highest BCUT2D eigenvalue weighted by atomic mass is 32.1. The molecule has 6 rings (SSSR count). The monoisotopic (exact) mass is 444 g/mol. The van der Waals surface area contributed by atoms with Crippen molar-refractivity contribution in [3.8, 4) is 0 Å². The highest BCUT2D eigenvalue weighted by Crippen LogP contribution is 2.54. The molecule has 0 aliphatic carbocycles. The summed E-state index contributed by atoms with van der Waals surface area (Å²) >= 11 is 1.18. The van der Waals surface area contributed by atoms with Crippen molar-refractivity contribution < 1.29 is 14.0 Å². The third kappa shape index (κ3) is 2.08. The van der Waals surface area contributed by atoms with Crippen molar-refractivity contribution in [3.63, 3.8) is 0 Å². The fraction of sp³-hybridized carbons (Fsp3) is 0.174. The van der Waals surface area contributed by atoms with Gasteiger partial charge in [0, 0.05) is 12.1 Å². The molecule has 2 aliphatic heterocycles. The summed E-state index contributed by atoms with van der Waals surface area (Å²) in [6, 6.07) is 13.9. The van der Waals surface area contributed by atoms with Crippen molar-refractivity contribution in [2.75, 3.05) is 16.3 Å². The lowest BCUT2D eigenvalue weighted by Crippen LogP contribution is -2.53. The number of aromatic nitrogens is 2. The maximum absolute atomic E-state index is 14.1. The second-order valence-electron chi connectivity index (χ2n) is 7.65. The van der Waals surface area contributed by atoms with Gasteiger partial charge < -0.3 is 9.32 Å². The van der Waals surface area contributed by atoms with E-state index in [4.69, 9.17) is 4.42 Å². The van der Waals surface area contributed by atoms with Crippen molar-refractivity contribution in [3.05, 3.63) is 80.6 Å². The maximum atomic E-state index is 14.1. The molecule has 0 fully saturated rings. The van der Waals surface area contributed by atoms with E-state index in [0.29, 0.717) is 33.8 Å². The highest BCUT2D eigenvalue weighted by Gasteiger charge is 2.66. The first-order chi connectivity index (χ1) is 15.5. The molecule has 2 aromatic carbocycles. The van der Waals surface area contributed by atoms with Crippen molar-refractivity contribution in [1.82, 2.24) is 10.2 Å². The van der Waals surface area contributed by atoms with Gasteiger partial charge in [-0.15, -0.1) is 10.2 Å². The zero-order valence-corrected chi connectivity index (χ0v) is 18.0. The van der Waals surface area contributed by atoms with Crippen LogP contribution in [-0.4, -0.2) is 28.6 Å². The molecule has 4 aromatic rings. The number of fused-ring (bicyclic) bond motifs is 5. The molecule has 1 unspecified atom stereocenters. The van der Waals surface area contributed by atoms with Crippen LogP contribution in [0.5, 0.6) is 0 Å². The second-order valence-corrected chi connectivity index (χ2v) is 8.81. The van der Waals surface area contributed by atoms with Gasteiger partial charge in [-0.05, 0) is 32.0 Å². The quantitative estimate of drug-likeness (QED) is 0.471. The Bertz CT molecular complexity index is 1520. The molecule has 32 heavy (non-hydrogen) atoms. The van der Waals surface area contributed by atoms with Gasteiger partial charge in [0.2, 0.25) is 10.9 Å². The van der Waals surface area contributed by atoms with E-state index in [1.165, 1.54) is 16.2 Å². The molecular weight excluding hydrogens is 428 g/mol. The molecule has 4 heterocycles. The van der Waals surface area contributed by atoms with E-state index in [2.05, 4.69) is 10.2 Å². The lowest BCUT2D eigenvalue weighted by atomic mass is 9.84. The van der Waals surface area contributed by atoms with Gasteiger partial charge in [-0.1, -0.05) is 41.7 Å². The van der Waals surface area contributed by atoms with Gasteiger partial charge in [-0.3, -0.25) is 19.3 Å². The van der Waals surface area contributed by atoms with Crippen molar-refractivity contribution in [2.45, 2.75) is 19.4 Å². The molecule has 1 spiro atoms. The molecule has 0 radical (unpaired) electrons. The number of benzene rings is 2. The predicted octanol–water partition coefficient (Wildman–Crippen LogP) is 3.22. The SMILES string of the molecule is CCN1C(=O)C2(c3ccccc31)c1c(oc3ccccc3c1=O)C(=O)N2c1nnc(C)s1.